The normalized spacial score (nSPS) is 19.4. The zero-order valence-electron chi connectivity index (χ0n) is 12.2. The van der Waals surface area contributed by atoms with Crippen molar-refractivity contribution in [1.82, 2.24) is 4.90 Å². The third-order valence-corrected chi connectivity index (χ3v) is 4.51. The van der Waals surface area contributed by atoms with Crippen LogP contribution < -0.4 is 5.73 Å². The molecular formula is C16H25FN2. The third-order valence-electron chi connectivity index (χ3n) is 4.51. The van der Waals surface area contributed by atoms with Crippen LogP contribution in [0.3, 0.4) is 0 Å². The number of hydrogen-bond donors (Lipinski definition) is 1. The summed E-state index contributed by atoms with van der Waals surface area (Å²) < 4.78 is 13.5. The summed E-state index contributed by atoms with van der Waals surface area (Å²) in [6.45, 7) is 8.53. The van der Waals surface area contributed by atoms with Crippen molar-refractivity contribution in [3.63, 3.8) is 0 Å². The number of rotatable bonds is 3. The minimum absolute atomic E-state index is 0.140. The maximum absolute atomic E-state index is 13.5. The molecule has 2 N–H and O–H groups in total. The lowest BCUT2D eigenvalue weighted by atomic mass is 9.84. The third kappa shape index (κ3) is 2.98. The van der Waals surface area contributed by atoms with Gasteiger partial charge in [0.1, 0.15) is 5.82 Å². The highest BCUT2D eigenvalue weighted by Crippen LogP contribution is 2.33. The second-order valence-corrected chi connectivity index (χ2v) is 6.18. The Balaban J connectivity index is 2.25. The van der Waals surface area contributed by atoms with Crippen molar-refractivity contribution in [3.05, 3.63) is 35.1 Å². The molecule has 0 aliphatic carbocycles. The van der Waals surface area contributed by atoms with Gasteiger partial charge in [0.05, 0.1) is 0 Å². The Morgan fingerprint density at radius 2 is 1.84 bits per heavy atom. The van der Waals surface area contributed by atoms with Crippen molar-refractivity contribution in [2.75, 3.05) is 13.1 Å². The highest BCUT2D eigenvalue weighted by molar-refractivity contribution is 5.31. The first-order valence-electron chi connectivity index (χ1n) is 7.19. The quantitative estimate of drug-likeness (QED) is 0.906. The van der Waals surface area contributed by atoms with E-state index >= 15 is 0 Å². The van der Waals surface area contributed by atoms with Gasteiger partial charge in [-0.2, -0.15) is 0 Å². The van der Waals surface area contributed by atoms with Crippen LogP contribution in [0, 0.1) is 12.7 Å². The largest absolute Gasteiger partial charge is 0.322 e. The number of nitrogens with two attached hydrogens (primary N) is 1. The van der Waals surface area contributed by atoms with Crippen molar-refractivity contribution >= 4 is 0 Å². The molecule has 0 amide bonds. The molecule has 1 atom stereocenters. The van der Waals surface area contributed by atoms with Crippen LogP contribution in [0.25, 0.3) is 0 Å². The molecule has 1 saturated heterocycles. The Bertz CT molecular complexity index is 436. The summed E-state index contributed by atoms with van der Waals surface area (Å²) in [5.41, 5.74) is 8.32. The molecule has 0 radical (unpaired) electrons. The van der Waals surface area contributed by atoms with Gasteiger partial charge in [-0.05, 0) is 70.0 Å². The Kier molecular flexibility index (Phi) is 4.26. The number of piperidine rings is 1. The Labute approximate surface area is 115 Å². The SMILES string of the molecule is Cc1ccc(F)cc1C(N)C(C)(C)N1CCCCC1. The fraction of sp³-hybridized carbons (Fsp3) is 0.625. The lowest BCUT2D eigenvalue weighted by molar-refractivity contribution is 0.0727. The van der Waals surface area contributed by atoms with Crippen molar-refractivity contribution < 1.29 is 4.39 Å². The molecule has 0 aromatic heterocycles. The van der Waals surface area contributed by atoms with Gasteiger partial charge in [0.25, 0.3) is 0 Å². The molecule has 2 rings (SSSR count). The van der Waals surface area contributed by atoms with E-state index in [1.807, 2.05) is 13.0 Å². The molecule has 2 nitrogen and oxygen atoms in total. The first-order valence-corrected chi connectivity index (χ1v) is 7.19. The first-order chi connectivity index (χ1) is 8.93. The summed E-state index contributed by atoms with van der Waals surface area (Å²) in [4.78, 5) is 2.45. The first kappa shape index (κ1) is 14.5. The number of nitrogens with zero attached hydrogens (tertiary/aromatic N) is 1. The van der Waals surface area contributed by atoms with E-state index in [-0.39, 0.29) is 17.4 Å². The van der Waals surface area contributed by atoms with Gasteiger partial charge in [0.2, 0.25) is 0 Å². The molecule has 1 unspecified atom stereocenters. The Morgan fingerprint density at radius 1 is 1.21 bits per heavy atom. The zero-order valence-corrected chi connectivity index (χ0v) is 12.2. The Hall–Kier alpha value is -0.930. The van der Waals surface area contributed by atoms with Crippen LogP contribution in [-0.2, 0) is 0 Å². The fourth-order valence-corrected chi connectivity index (χ4v) is 2.99. The molecule has 3 heteroatoms. The smallest absolute Gasteiger partial charge is 0.123 e. The molecule has 1 aromatic rings. The van der Waals surface area contributed by atoms with Crippen LogP contribution in [0.1, 0.15) is 50.3 Å². The number of aryl methyl sites for hydroxylation is 1. The summed E-state index contributed by atoms with van der Waals surface area (Å²) in [7, 11) is 0. The predicted molar refractivity (Wildman–Crippen MR) is 77.6 cm³/mol. The van der Waals surface area contributed by atoms with Crippen LogP contribution in [0.15, 0.2) is 18.2 Å². The molecule has 1 heterocycles. The minimum Gasteiger partial charge on any atom is -0.322 e. The number of benzene rings is 1. The number of hydrogen-bond acceptors (Lipinski definition) is 2. The highest BCUT2D eigenvalue weighted by Gasteiger charge is 2.35. The van der Waals surface area contributed by atoms with E-state index < -0.39 is 0 Å². The van der Waals surface area contributed by atoms with Crippen LogP contribution in [0.2, 0.25) is 0 Å². The number of halogens is 1. The van der Waals surface area contributed by atoms with Gasteiger partial charge in [0, 0.05) is 11.6 Å². The van der Waals surface area contributed by atoms with Crippen molar-refractivity contribution in [1.29, 1.82) is 0 Å². The summed E-state index contributed by atoms with van der Waals surface area (Å²) in [5.74, 6) is -0.203. The van der Waals surface area contributed by atoms with E-state index in [1.165, 1.54) is 25.3 Å². The topological polar surface area (TPSA) is 29.3 Å². The molecule has 1 aliphatic rings. The van der Waals surface area contributed by atoms with Crippen LogP contribution >= 0.6 is 0 Å². The summed E-state index contributed by atoms with van der Waals surface area (Å²) in [5, 5.41) is 0. The lowest BCUT2D eigenvalue weighted by Crippen LogP contribution is -2.53. The van der Waals surface area contributed by atoms with Crippen molar-refractivity contribution in [3.8, 4) is 0 Å². The van der Waals surface area contributed by atoms with E-state index in [0.717, 1.165) is 24.2 Å². The fourth-order valence-electron chi connectivity index (χ4n) is 2.99. The average molecular weight is 264 g/mol. The van der Waals surface area contributed by atoms with Crippen LogP contribution in [0.4, 0.5) is 4.39 Å². The molecule has 1 aromatic carbocycles. The average Bonchev–Trinajstić information content (AvgIpc) is 2.41. The summed E-state index contributed by atoms with van der Waals surface area (Å²) in [6, 6.07) is 4.74. The van der Waals surface area contributed by atoms with E-state index in [2.05, 4.69) is 18.7 Å². The lowest BCUT2D eigenvalue weighted by Gasteiger charge is -2.45. The van der Waals surface area contributed by atoms with Gasteiger partial charge in [-0.1, -0.05) is 12.5 Å². The standard InChI is InChI=1S/C16H25FN2/c1-12-7-8-13(17)11-14(12)15(18)16(2,3)19-9-5-4-6-10-19/h7-8,11,15H,4-6,9-10,18H2,1-3H3. The van der Waals surface area contributed by atoms with E-state index in [1.54, 1.807) is 6.07 Å². The monoisotopic (exact) mass is 264 g/mol. The molecule has 106 valence electrons. The molecular weight excluding hydrogens is 239 g/mol. The molecule has 0 spiro atoms. The van der Waals surface area contributed by atoms with Crippen LogP contribution in [0.5, 0.6) is 0 Å². The number of likely N-dealkylation sites (tertiary alicyclic amines) is 1. The molecule has 0 saturated carbocycles. The molecule has 0 bridgehead atoms. The summed E-state index contributed by atoms with van der Waals surface area (Å²) in [6.07, 6.45) is 3.78. The van der Waals surface area contributed by atoms with Crippen LogP contribution in [-0.4, -0.2) is 23.5 Å². The summed E-state index contributed by atoms with van der Waals surface area (Å²) >= 11 is 0. The van der Waals surface area contributed by atoms with Gasteiger partial charge in [-0.3, -0.25) is 4.90 Å². The molecule has 1 fully saturated rings. The van der Waals surface area contributed by atoms with Gasteiger partial charge >= 0.3 is 0 Å². The Morgan fingerprint density at radius 3 is 2.47 bits per heavy atom. The maximum Gasteiger partial charge on any atom is 0.123 e. The second kappa shape index (κ2) is 5.59. The zero-order chi connectivity index (χ0) is 14.0. The van der Waals surface area contributed by atoms with Gasteiger partial charge < -0.3 is 5.73 Å². The van der Waals surface area contributed by atoms with Gasteiger partial charge in [-0.25, -0.2) is 4.39 Å². The highest BCUT2D eigenvalue weighted by atomic mass is 19.1. The predicted octanol–water partition coefficient (Wildman–Crippen LogP) is 3.40. The van der Waals surface area contributed by atoms with Crippen molar-refractivity contribution in [2.24, 2.45) is 5.73 Å². The van der Waals surface area contributed by atoms with E-state index in [0.29, 0.717) is 0 Å². The minimum atomic E-state index is -0.203. The molecule has 1 aliphatic heterocycles. The maximum atomic E-state index is 13.5. The van der Waals surface area contributed by atoms with E-state index in [9.17, 15) is 4.39 Å². The van der Waals surface area contributed by atoms with Crippen molar-refractivity contribution in [2.45, 2.75) is 51.6 Å². The second-order valence-electron chi connectivity index (χ2n) is 6.18. The van der Waals surface area contributed by atoms with E-state index in [4.69, 9.17) is 5.73 Å². The molecule has 19 heavy (non-hydrogen) atoms. The van der Waals surface area contributed by atoms with Gasteiger partial charge in [-0.15, -0.1) is 0 Å². The van der Waals surface area contributed by atoms with Gasteiger partial charge in [0.15, 0.2) is 0 Å².